The summed E-state index contributed by atoms with van der Waals surface area (Å²) in [7, 11) is 3.34. The Morgan fingerprint density at radius 2 is 1.92 bits per heavy atom. The van der Waals surface area contributed by atoms with E-state index in [1.54, 1.807) is 25.6 Å². The number of ether oxygens (including phenoxy) is 2. The number of hydrogen-bond acceptors (Lipinski definition) is 5. The maximum Gasteiger partial charge on any atom is 0.169 e. The molecule has 1 N–H and O–H groups in total. The number of nitrogens with one attached hydrogen (secondary N) is 1. The van der Waals surface area contributed by atoms with Crippen molar-refractivity contribution in [1.82, 2.24) is 10.3 Å². The van der Waals surface area contributed by atoms with Gasteiger partial charge in [-0.1, -0.05) is 31.7 Å². The fourth-order valence-electron chi connectivity index (χ4n) is 3.31. The minimum Gasteiger partial charge on any atom is -0.493 e. The zero-order valence-corrected chi connectivity index (χ0v) is 15.3. The van der Waals surface area contributed by atoms with E-state index >= 15 is 0 Å². The Balaban J connectivity index is 1.69. The summed E-state index contributed by atoms with van der Waals surface area (Å²) < 4.78 is 10.9. The summed E-state index contributed by atoms with van der Waals surface area (Å²) >= 11 is 1.72. The van der Waals surface area contributed by atoms with Crippen LogP contribution in [0.3, 0.4) is 0 Å². The Hall–Kier alpha value is -1.59. The Bertz CT molecular complexity index is 649. The maximum absolute atomic E-state index is 5.54. The number of para-hydroxylation sites is 1. The van der Waals surface area contributed by atoms with Crippen molar-refractivity contribution in [3.8, 4) is 21.9 Å². The second kappa shape index (κ2) is 8.49. The SMILES string of the molecule is COc1cccc(-c2cnc(CNC3CCCCCC3)s2)c1OC. The van der Waals surface area contributed by atoms with Gasteiger partial charge >= 0.3 is 0 Å². The monoisotopic (exact) mass is 346 g/mol. The summed E-state index contributed by atoms with van der Waals surface area (Å²) in [4.78, 5) is 5.71. The van der Waals surface area contributed by atoms with Crippen molar-refractivity contribution < 1.29 is 9.47 Å². The van der Waals surface area contributed by atoms with E-state index in [0.717, 1.165) is 33.5 Å². The number of nitrogens with zero attached hydrogens (tertiary/aromatic N) is 1. The molecule has 0 radical (unpaired) electrons. The zero-order chi connectivity index (χ0) is 16.8. The molecule has 4 nitrogen and oxygen atoms in total. The van der Waals surface area contributed by atoms with Gasteiger partial charge in [-0.05, 0) is 25.0 Å². The lowest BCUT2D eigenvalue weighted by Crippen LogP contribution is -2.27. The Labute approximate surface area is 148 Å². The van der Waals surface area contributed by atoms with Gasteiger partial charge in [-0.3, -0.25) is 0 Å². The summed E-state index contributed by atoms with van der Waals surface area (Å²) in [6.07, 6.45) is 9.99. The predicted octanol–water partition coefficient (Wildman–Crippen LogP) is 4.64. The van der Waals surface area contributed by atoms with Gasteiger partial charge in [0.25, 0.3) is 0 Å². The average molecular weight is 346 g/mol. The van der Waals surface area contributed by atoms with Crippen LogP contribution in [-0.4, -0.2) is 25.2 Å². The summed E-state index contributed by atoms with van der Waals surface area (Å²) in [5.41, 5.74) is 1.04. The lowest BCUT2D eigenvalue weighted by Gasteiger charge is -2.14. The molecule has 1 aromatic heterocycles. The molecule has 24 heavy (non-hydrogen) atoms. The molecule has 0 aliphatic heterocycles. The Morgan fingerprint density at radius 3 is 2.62 bits per heavy atom. The molecule has 1 saturated carbocycles. The topological polar surface area (TPSA) is 43.4 Å². The van der Waals surface area contributed by atoms with Gasteiger partial charge in [-0.15, -0.1) is 11.3 Å². The first-order valence-corrected chi connectivity index (χ1v) is 9.53. The second-order valence-corrected chi connectivity index (χ2v) is 7.34. The number of rotatable bonds is 6. The van der Waals surface area contributed by atoms with Gasteiger partial charge in [0.1, 0.15) is 5.01 Å². The Morgan fingerprint density at radius 1 is 1.12 bits per heavy atom. The van der Waals surface area contributed by atoms with Crippen molar-refractivity contribution >= 4 is 11.3 Å². The number of benzene rings is 1. The van der Waals surface area contributed by atoms with Crippen LogP contribution in [0.15, 0.2) is 24.4 Å². The molecule has 0 unspecified atom stereocenters. The molecule has 3 rings (SSSR count). The molecule has 0 saturated heterocycles. The highest BCUT2D eigenvalue weighted by Gasteiger charge is 2.15. The first kappa shape index (κ1) is 17.2. The number of aromatic nitrogens is 1. The second-order valence-electron chi connectivity index (χ2n) is 6.23. The third-order valence-electron chi connectivity index (χ3n) is 4.62. The molecule has 130 valence electrons. The van der Waals surface area contributed by atoms with Gasteiger partial charge < -0.3 is 14.8 Å². The van der Waals surface area contributed by atoms with Crippen LogP contribution < -0.4 is 14.8 Å². The molecular formula is C19H26N2O2S. The molecule has 0 atom stereocenters. The molecule has 1 aliphatic rings. The van der Waals surface area contributed by atoms with E-state index in [1.807, 2.05) is 18.3 Å². The van der Waals surface area contributed by atoms with E-state index in [2.05, 4.69) is 16.4 Å². The van der Waals surface area contributed by atoms with Crippen molar-refractivity contribution in [3.63, 3.8) is 0 Å². The molecule has 1 aliphatic carbocycles. The van der Waals surface area contributed by atoms with Crippen LogP contribution in [0.5, 0.6) is 11.5 Å². The summed E-state index contributed by atoms with van der Waals surface area (Å²) in [6, 6.07) is 6.60. The average Bonchev–Trinajstić information content (AvgIpc) is 2.94. The molecule has 5 heteroatoms. The lowest BCUT2D eigenvalue weighted by molar-refractivity contribution is 0.356. The predicted molar refractivity (Wildman–Crippen MR) is 99.0 cm³/mol. The Kier molecular flexibility index (Phi) is 6.10. The smallest absolute Gasteiger partial charge is 0.169 e. The van der Waals surface area contributed by atoms with E-state index in [9.17, 15) is 0 Å². The minimum atomic E-state index is 0.645. The van der Waals surface area contributed by atoms with E-state index in [1.165, 1.54) is 38.5 Å². The van der Waals surface area contributed by atoms with Crippen LogP contribution in [-0.2, 0) is 6.54 Å². The van der Waals surface area contributed by atoms with Crippen molar-refractivity contribution in [2.24, 2.45) is 0 Å². The van der Waals surface area contributed by atoms with Crippen molar-refractivity contribution in [2.45, 2.75) is 51.1 Å². The third kappa shape index (κ3) is 4.08. The van der Waals surface area contributed by atoms with Crippen LogP contribution in [0.25, 0.3) is 10.4 Å². The van der Waals surface area contributed by atoms with Gasteiger partial charge in [0.2, 0.25) is 0 Å². The highest BCUT2D eigenvalue weighted by Crippen LogP contribution is 2.39. The molecule has 1 aromatic carbocycles. The first-order valence-electron chi connectivity index (χ1n) is 8.71. The standard InChI is InChI=1S/C19H26N2O2S/c1-22-16-11-7-10-15(19(16)23-2)17-12-21-18(24-17)13-20-14-8-5-3-4-6-9-14/h7,10-12,14,20H,3-6,8-9,13H2,1-2H3. The lowest BCUT2D eigenvalue weighted by atomic mass is 10.1. The van der Waals surface area contributed by atoms with E-state index in [0.29, 0.717) is 6.04 Å². The molecular weight excluding hydrogens is 320 g/mol. The molecule has 1 fully saturated rings. The summed E-state index contributed by atoms with van der Waals surface area (Å²) in [5.74, 6) is 1.52. The van der Waals surface area contributed by atoms with Crippen LogP contribution in [0.4, 0.5) is 0 Å². The highest BCUT2D eigenvalue weighted by atomic mass is 32.1. The van der Waals surface area contributed by atoms with Crippen molar-refractivity contribution in [2.75, 3.05) is 14.2 Å². The highest BCUT2D eigenvalue weighted by molar-refractivity contribution is 7.15. The summed E-state index contributed by atoms with van der Waals surface area (Å²) in [6.45, 7) is 0.849. The number of hydrogen-bond donors (Lipinski definition) is 1. The molecule has 0 spiro atoms. The fourth-order valence-corrected chi connectivity index (χ4v) is 4.20. The van der Waals surface area contributed by atoms with E-state index < -0.39 is 0 Å². The van der Waals surface area contributed by atoms with Crippen LogP contribution in [0.1, 0.15) is 43.5 Å². The molecule has 1 heterocycles. The largest absolute Gasteiger partial charge is 0.493 e. The van der Waals surface area contributed by atoms with Crippen molar-refractivity contribution in [1.29, 1.82) is 0 Å². The van der Waals surface area contributed by atoms with Crippen LogP contribution in [0, 0.1) is 0 Å². The van der Waals surface area contributed by atoms with Gasteiger partial charge in [0, 0.05) is 24.3 Å². The fraction of sp³-hybridized carbons (Fsp3) is 0.526. The normalized spacial score (nSPS) is 15.9. The number of methoxy groups -OCH3 is 2. The molecule has 2 aromatic rings. The summed E-state index contributed by atoms with van der Waals surface area (Å²) in [5, 5.41) is 4.81. The van der Waals surface area contributed by atoms with E-state index in [-0.39, 0.29) is 0 Å². The molecule has 0 bridgehead atoms. The maximum atomic E-state index is 5.54. The third-order valence-corrected chi connectivity index (χ3v) is 5.65. The minimum absolute atomic E-state index is 0.645. The van der Waals surface area contributed by atoms with Gasteiger partial charge in [0.15, 0.2) is 11.5 Å². The van der Waals surface area contributed by atoms with Crippen molar-refractivity contribution in [3.05, 3.63) is 29.4 Å². The van der Waals surface area contributed by atoms with Gasteiger partial charge in [-0.2, -0.15) is 0 Å². The quantitative estimate of drug-likeness (QED) is 0.774. The van der Waals surface area contributed by atoms with Crippen LogP contribution in [0.2, 0.25) is 0 Å². The molecule has 0 amide bonds. The van der Waals surface area contributed by atoms with Gasteiger partial charge in [0.05, 0.1) is 19.1 Å². The van der Waals surface area contributed by atoms with Gasteiger partial charge in [-0.25, -0.2) is 4.98 Å². The zero-order valence-electron chi connectivity index (χ0n) is 14.5. The van der Waals surface area contributed by atoms with Crippen LogP contribution >= 0.6 is 11.3 Å². The number of thiazole rings is 1. The van der Waals surface area contributed by atoms with E-state index in [4.69, 9.17) is 9.47 Å². The first-order chi connectivity index (χ1) is 11.8.